The Balaban J connectivity index is 0.000000845. The van der Waals surface area contributed by atoms with E-state index in [-0.39, 0.29) is 18.6 Å². The summed E-state index contributed by atoms with van der Waals surface area (Å²) >= 11 is 0. The molecule has 2 saturated heterocycles. The fraction of sp³-hybridized carbons (Fsp3) is 1.00. The maximum Gasteiger partial charge on any atom is 0.110 e. The highest BCUT2D eigenvalue weighted by Gasteiger charge is 2.22. The molecular formula is C9H18ClNO2. The molecule has 0 bridgehead atoms. The van der Waals surface area contributed by atoms with E-state index in [1.165, 1.54) is 12.8 Å². The lowest BCUT2D eigenvalue weighted by molar-refractivity contribution is -0.0333. The summed E-state index contributed by atoms with van der Waals surface area (Å²) < 4.78 is 11.1. The first-order valence-electron chi connectivity index (χ1n) is 4.92. The Hall–Kier alpha value is 0.170. The van der Waals surface area contributed by atoms with Gasteiger partial charge in [-0.25, -0.2) is 0 Å². The van der Waals surface area contributed by atoms with Crippen LogP contribution in [0.25, 0.3) is 0 Å². The van der Waals surface area contributed by atoms with Crippen molar-refractivity contribution >= 4 is 12.4 Å². The lowest BCUT2D eigenvalue weighted by Gasteiger charge is -2.26. The molecule has 3 nitrogen and oxygen atoms in total. The van der Waals surface area contributed by atoms with E-state index in [0.717, 1.165) is 32.6 Å². The molecule has 0 aliphatic carbocycles. The zero-order valence-corrected chi connectivity index (χ0v) is 8.65. The van der Waals surface area contributed by atoms with Gasteiger partial charge in [0.25, 0.3) is 0 Å². The Morgan fingerprint density at radius 3 is 2.62 bits per heavy atom. The van der Waals surface area contributed by atoms with Crippen LogP contribution in [-0.4, -0.2) is 32.1 Å². The maximum atomic E-state index is 5.55. The van der Waals surface area contributed by atoms with Crippen LogP contribution in [0.3, 0.4) is 0 Å². The van der Waals surface area contributed by atoms with Crippen LogP contribution in [0.15, 0.2) is 0 Å². The van der Waals surface area contributed by atoms with Crippen LogP contribution >= 0.6 is 12.4 Å². The van der Waals surface area contributed by atoms with Crippen molar-refractivity contribution in [3.05, 3.63) is 0 Å². The van der Waals surface area contributed by atoms with Crippen molar-refractivity contribution < 1.29 is 9.47 Å². The second-order valence-electron chi connectivity index (χ2n) is 3.54. The Kier molecular flexibility index (Phi) is 5.02. The molecule has 0 radical (unpaired) electrons. The van der Waals surface area contributed by atoms with E-state index >= 15 is 0 Å². The van der Waals surface area contributed by atoms with Crippen molar-refractivity contribution in [2.75, 3.05) is 19.8 Å². The SMILES string of the molecule is C1CNC(CC2CCCO2)OC1.Cl. The summed E-state index contributed by atoms with van der Waals surface area (Å²) in [6, 6.07) is 0. The van der Waals surface area contributed by atoms with E-state index in [9.17, 15) is 0 Å². The van der Waals surface area contributed by atoms with Gasteiger partial charge < -0.3 is 9.47 Å². The van der Waals surface area contributed by atoms with Crippen LogP contribution in [0, 0.1) is 0 Å². The summed E-state index contributed by atoms with van der Waals surface area (Å²) in [6.07, 6.45) is 5.29. The Bertz CT molecular complexity index is 134. The van der Waals surface area contributed by atoms with Crippen molar-refractivity contribution in [1.82, 2.24) is 5.32 Å². The monoisotopic (exact) mass is 207 g/mol. The quantitative estimate of drug-likeness (QED) is 0.741. The number of nitrogens with one attached hydrogen (secondary N) is 1. The molecule has 2 heterocycles. The molecule has 2 unspecified atom stereocenters. The minimum absolute atomic E-state index is 0. The van der Waals surface area contributed by atoms with Crippen LogP contribution in [-0.2, 0) is 9.47 Å². The molecule has 2 atom stereocenters. The summed E-state index contributed by atoms with van der Waals surface area (Å²) in [7, 11) is 0. The molecule has 2 fully saturated rings. The van der Waals surface area contributed by atoms with Gasteiger partial charge in [0.05, 0.1) is 6.10 Å². The summed E-state index contributed by atoms with van der Waals surface area (Å²) in [4.78, 5) is 0. The summed E-state index contributed by atoms with van der Waals surface area (Å²) in [5.41, 5.74) is 0. The molecule has 0 aromatic heterocycles. The molecule has 0 spiro atoms. The van der Waals surface area contributed by atoms with Crippen LogP contribution in [0.2, 0.25) is 0 Å². The standard InChI is InChI=1S/C9H17NO2.ClH/c1-3-8(11-5-1)7-9-10-4-2-6-12-9;/h8-10H,1-7H2;1H. The predicted molar refractivity (Wildman–Crippen MR) is 53.2 cm³/mol. The van der Waals surface area contributed by atoms with Gasteiger partial charge in [0, 0.05) is 19.6 Å². The second kappa shape index (κ2) is 5.81. The predicted octanol–water partition coefficient (Wildman–Crippen LogP) is 1.31. The molecule has 2 aliphatic rings. The van der Waals surface area contributed by atoms with Crippen LogP contribution in [0.1, 0.15) is 25.7 Å². The van der Waals surface area contributed by atoms with Crippen molar-refractivity contribution in [3.63, 3.8) is 0 Å². The van der Waals surface area contributed by atoms with Gasteiger partial charge in [0.15, 0.2) is 0 Å². The third kappa shape index (κ3) is 3.43. The first-order valence-corrected chi connectivity index (χ1v) is 4.92. The average Bonchev–Trinajstić information content (AvgIpc) is 2.59. The third-order valence-electron chi connectivity index (χ3n) is 2.51. The molecular weight excluding hydrogens is 190 g/mol. The van der Waals surface area contributed by atoms with Gasteiger partial charge in [-0.15, -0.1) is 12.4 Å². The van der Waals surface area contributed by atoms with Gasteiger partial charge >= 0.3 is 0 Å². The molecule has 78 valence electrons. The van der Waals surface area contributed by atoms with E-state index in [1.807, 2.05) is 0 Å². The first-order chi connectivity index (χ1) is 5.95. The van der Waals surface area contributed by atoms with Gasteiger partial charge in [0.2, 0.25) is 0 Å². The van der Waals surface area contributed by atoms with Crippen LogP contribution in [0.5, 0.6) is 0 Å². The molecule has 2 aliphatic heterocycles. The molecule has 0 aromatic carbocycles. The van der Waals surface area contributed by atoms with Gasteiger partial charge in [0.1, 0.15) is 6.23 Å². The molecule has 13 heavy (non-hydrogen) atoms. The minimum Gasteiger partial charge on any atom is -0.378 e. The number of rotatable bonds is 2. The molecule has 4 heteroatoms. The minimum atomic E-state index is 0. The Labute approximate surface area is 85.6 Å². The largest absolute Gasteiger partial charge is 0.378 e. The van der Waals surface area contributed by atoms with Gasteiger partial charge in [-0.3, -0.25) is 5.32 Å². The van der Waals surface area contributed by atoms with Crippen LogP contribution in [0.4, 0.5) is 0 Å². The average molecular weight is 208 g/mol. The van der Waals surface area contributed by atoms with Crippen molar-refractivity contribution in [2.24, 2.45) is 0 Å². The molecule has 0 amide bonds. The van der Waals surface area contributed by atoms with E-state index < -0.39 is 0 Å². The molecule has 1 N–H and O–H groups in total. The van der Waals surface area contributed by atoms with Crippen molar-refractivity contribution in [2.45, 2.75) is 38.0 Å². The smallest absolute Gasteiger partial charge is 0.110 e. The highest BCUT2D eigenvalue weighted by atomic mass is 35.5. The van der Waals surface area contributed by atoms with Gasteiger partial charge in [-0.05, 0) is 25.8 Å². The van der Waals surface area contributed by atoms with Gasteiger partial charge in [-0.2, -0.15) is 0 Å². The Morgan fingerprint density at radius 1 is 1.15 bits per heavy atom. The zero-order chi connectivity index (χ0) is 8.23. The third-order valence-corrected chi connectivity index (χ3v) is 2.51. The van der Waals surface area contributed by atoms with E-state index in [1.54, 1.807) is 0 Å². The molecule has 2 rings (SSSR count). The summed E-state index contributed by atoms with van der Waals surface area (Å²) in [5.74, 6) is 0. The fourth-order valence-corrected chi connectivity index (χ4v) is 1.84. The lowest BCUT2D eigenvalue weighted by atomic mass is 10.1. The fourth-order valence-electron chi connectivity index (χ4n) is 1.84. The number of halogens is 1. The second-order valence-corrected chi connectivity index (χ2v) is 3.54. The first kappa shape index (κ1) is 11.2. The van der Waals surface area contributed by atoms with Gasteiger partial charge in [-0.1, -0.05) is 0 Å². The molecule has 0 saturated carbocycles. The normalized spacial score (nSPS) is 34.2. The highest BCUT2D eigenvalue weighted by Crippen LogP contribution is 2.18. The van der Waals surface area contributed by atoms with Crippen molar-refractivity contribution in [1.29, 1.82) is 0 Å². The lowest BCUT2D eigenvalue weighted by Crippen LogP contribution is -2.40. The zero-order valence-electron chi connectivity index (χ0n) is 7.83. The van der Waals surface area contributed by atoms with Crippen LogP contribution < -0.4 is 5.32 Å². The summed E-state index contributed by atoms with van der Waals surface area (Å²) in [5, 5.41) is 3.34. The highest BCUT2D eigenvalue weighted by molar-refractivity contribution is 5.85. The molecule has 0 aromatic rings. The number of hydrogen-bond donors (Lipinski definition) is 1. The summed E-state index contributed by atoms with van der Waals surface area (Å²) in [6.45, 7) is 2.94. The van der Waals surface area contributed by atoms with E-state index in [4.69, 9.17) is 9.47 Å². The van der Waals surface area contributed by atoms with E-state index in [0.29, 0.717) is 6.10 Å². The Morgan fingerprint density at radius 2 is 2.00 bits per heavy atom. The number of hydrogen-bond acceptors (Lipinski definition) is 3. The number of ether oxygens (including phenoxy) is 2. The topological polar surface area (TPSA) is 30.5 Å². The maximum absolute atomic E-state index is 5.55. The van der Waals surface area contributed by atoms with Crippen molar-refractivity contribution in [3.8, 4) is 0 Å². The van der Waals surface area contributed by atoms with E-state index in [2.05, 4.69) is 5.32 Å².